The normalized spacial score (nSPS) is 21.2. The number of ether oxygens (including phenoxy) is 4. The maximum Gasteiger partial charge on any atom is 0.306 e. The van der Waals surface area contributed by atoms with Crippen molar-refractivity contribution in [2.45, 2.75) is 198 Å². The van der Waals surface area contributed by atoms with Gasteiger partial charge in [-0.2, -0.15) is 0 Å². The van der Waals surface area contributed by atoms with Gasteiger partial charge in [0.05, 0.1) is 13.2 Å². The number of unbranched alkanes of at least 4 members (excludes halogenated alkanes) is 15. The van der Waals surface area contributed by atoms with E-state index in [0.29, 0.717) is 6.42 Å². The Labute approximate surface area is 327 Å². The van der Waals surface area contributed by atoms with Gasteiger partial charge in [-0.05, 0) is 51.4 Å². The van der Waals surface area contributed by atoms with Crippen molar-refractivity contribution in [2.24, 2.45) is 0 Å². The standard InChI is InChI=1S/C44H76O10/c1-3-5-7-9-11-13-15-17-19-21-23-25-27-29-31-33-40(47)53-37(36-52-44-43(50)42(49)41(48)38(34-45)54-44)35-51-39(46)32-30-28-26-24-22-20-18-16-14-12-10-8-6-4-2/h5,7,11,13,17,19,23,25,37-38,41-45,48-50H,3-4,6,8-10,12,14-16,18,20-22,24,26-36H2,1-2H3/b7-5-,13-11-,19-17-,25-23-. The fraction of sp³-hybridized carbons (Fsp3) is 0.773. The second kappa shape index (κ2) is 35.1. The average Bonchev–Trinajstić information content (AvgIpc) is 3.17. The third kappa shape index (κ3) is 26.5. The van der Waals surface area contributed by atoms with Crippen LogP contribution in [0.2, 0.25) is 0 Å². The molecule has 54 heavy (non-hydrogen) atoms. The SMILES string of the molecule is CC/C=C\C/C=C\C/C=C\C/C=C\CCCCC(=O)OC(COC(=O)CCCCCCCCCCCCCCCC)COC1OC(CO)C(O)C(O)C1O. The zero-order valence-corrected chi connectivity index (χ0v) is 33.7. The Kier molecular flexibility index (Phi) is 32.3. The van der Waals surface area contributed by atoms with Crippen LogP contribution < -0.4 is 0 Å². The van der Waals surface area contributed by atoms with Crippen LogP contribution in [0, 0.1) is 0 Å². The lowest BCUT2D eigenvalue weighted by Gasteiger charge is -2.39. The predicted octanol–water partition coefficient (Wildman–Crippen LogP) is 8.49. The van der Waals surface area contributed by atoms with E-state index in [1.54, 1.807) is 0 Å². The monoisotopic (exact) mass is 765 g/mol. The summed E-state index contributed by atoms with van der Waals surface area (Å²) in [4.78, 5) is 25.2. The summed E-state index contributed by atoms with van der Waals surface area (Å²) in [5.41, 5.74) is 0. The van der Waals surface area contributed by atoms with Crippen LogP contribution in [0.5, 0.6) is 0 Å². The molecule has 1 heterocycles. The highest BCUT2D eigenvalue weighted by Gasteiger charge is 2.44. The zero-order chi connectivity index (χ0) is 39.5. The largest absolute Gasteiger partial charge is 0.462 e. The number of carbonyl (C=O) groups is 2. The Balaban J connectivity index is 2.39. The minimum Gasteiger partial charge on any atom is -0.462 e. The second-order valence-corrected chi connectivity index (χ2v) is 14.4. The summed E-state index contributed by atoms with van der Waals surface area (Å²) in [6.07, 6.45) is 32.6. The van der Waals surface area contributed by atoms with Gasteiger partial charge in [-0.25, -0.2) is 0 Å². The van der Waals surface area contributed by atoms with Gasteiger partial charge in [0.1, 0.15) is 31.0 Å². The van der Waals surface area contributed by atoms with Crippen molar-refractivity contribution in [2.75, 3.05) is 19.8 Å². The van der Waals surface area contributed by atoms with Gasteiger partial charge in [-0.15, -0.1) is 0 Å². The topological polar surface area (TPSA) is 152 Å². The molecule has 1 aliphatic rings. The van der Waals surface area contributed by atoms with Gasteiger partial charge in [-0.3, -0.25) is 9.59 Å². The molecule has 1 aliphatic heterocycles. The molecule has 0 aliphatic carbocycles. The van der Waals surface area contributed by atoms with Gasteiger partial charge in [0.25, 0.3) is 0 Å². The zero-order valence-electron chi connectivity index (χ0n) is 33.7. The fourth-order valence-corrected chi connectivity index (χ4v) is 6.12. The Bertz CT molecular complexity index is 1020. The van der Waals surface area contributed by atoms with E-state index in [9.17, 15) is 30.0 Å². The van der Waals surface area contributed by atoms with Crippen LogP contribution in [0.15, 0.2) is 48.6 Å². The Morgan fingerprint density at radius 2 is 1.09 bits per heavy atom. The first-order valence-corrected chi connectivity index (χ1v) is 21.2. The van der Waals surface area contributed by atoms with Crippen molar-refractivity contribution in [3.05, 3.63) is 48.6 Å². The van der Waals surface area contributed by atoms with E-state index in [0.717, 1.165) is 57.8 Å². The van der Waals surface area contributed by atoms with Crippen LogP contribution in [-0.4, -0.2) is 89.0 Å². The van der Waals surface area contributed by atoms with Gasteiger partial charge in [0, 0.05) is 12.8 Å². The summed E-state index contributed by atoms with van der Waals surface area (Å²) in [6, 6.07) is 0. The smallest absolute Gasteiger partial charge is 0.306 e. The van der Waals surface area contributed by atoms with E-state index in [1.807, 2.05) is 0 Å². The molecule has 312 valence electrons. The molecule has 1 fully saturated rings. The Morgan fingerprint density at radius 1 is 0.593 bits per heavy atom. The number of aliphatic hydroxyl groups is 4. The molecule has 1 saturated heterocycles. The predicted molar refractivity (Wildman–Crippen MR) is 215 cm³/mol. The number of allylic oxidation sites excluding steroid dienone is 8. The summed E-state index contributed by atoms with van der Waals surface area (Å²) in [5, 5.41) is 40.0. The Morgan fingerprint density at radius 3 is 1.65 bits per heavy atom. The van der Waals surface area contributed by atoms with Crippen LogP contribution in [-0.2, 0) is 28.5 Å². The number of carbonyl (C=O) groups excluding carboxylic acids is 2. The lowest BCUT2D eigenvalue weighted by atomic mass is 9.99. The lowest BCUT2D eigenvalue weighted by molar-refractivity contribution is -0.305. The third-order valence-electron chi connectivity index (χ3n) is 9.48. The molecule has 4 N–H and O–H groups in total. The van der Waals surface area contributed by atoms with Crippen molar-refractivity contribution < 1.29 is 49.0 Å². The highest BCUT2D eigenvalue weighted by Crippen LogP contribution is 2.22. The summed E-state index contributed by atoms with van der Waals surface area (Å²) in [7, 11) is 0. The van der Waals surface area contributed by atoms with Crippen molar-refractivity contribution in [1.29, 1.82) is 0 Å². The number of hydrogen-bond donors (Lipinski definition) is 4. The van der Waals surface area contributed by atoms with Crippen LogP contribution in [0.4, 0.5) is 0 Å². The Hall–Kier alpha value is -2.34. The molecule has 0 amide bonds. The highest BCUT2D eigenvalue weighted by molar-refractivity contribution is 5.70. The van der Waals surface area contributed by atoms with Crippen LogP contribution in [0.1, 0.15) is 162 Å². The van der Waals surface area contributed by atoms with Gasteiger partial charge in [0.2, 0.25) is 0 Å². The molecule has 0 bridgehead atoms. The molecule has 10 nitrogen and oxygen atoms in total. The fourth-order valence-electron chi connectivity index (χ4n) is 6.12. The molecule has 6 unspecified atom stereocenters. The van der Waals surface area contributed by atoms with E-state index >= 15 is 0 Å². The van der Waals surface area contributed by atoms with Crippen molar-refractivity contribution in [1.82, 2.24) is 0 Å². The molecule has 0 saturated carbocycles. The molecule has 6 atom stereocenters. The van der Waals surface area contributed by atoms with Crippen molar-refractivity contribution in [3.8, 4) is 0 Å². The van der Waals surface area contributed by atoms with Crippen molar-refractivity contribution >= 4 is 11.9 Å². The van der Waals surface area contributed by atoms with Crippen LogP contribution in [0.25, 0.3) is 0 Å². The summed E-state index contributed by atoms with van der Waals surface area (Å²) in [6.45, 7) is 3.26. The molecule has 0 aromatic rings. The summed E-state index contributed by atoms with van der Waals surface area (Å²) in [5.74, 6) is -0.855. The summed E-state index contributed by atoms with van der Waals surface area (Å²) >= 11 is 0. The van der Waals surface area contributed by atoms with Crippen LogP contribution in [0.3, 0.4) is 0 Å². The lowest BCUT2D eigenvalue weighted by Crippen LogP contribution is -2.59. The van der Waals surface area contributed by atoms with E-state index < -0.39 is 49.4 Å². The van der Waals surface area contributed by atoms with E-state index in [1.165, 1.54) is 70.6 Å². The van der Waals surface area contributed by atoms with Crippen molar-refractivity contribution in [3.63, 3.8) is 0 Å². The first-order valence-electron chi connectivity index (χ1n) is 21.2. The van der Waals surface area contributed by atoms with E-state index in [2.05, 4.69) is 62.5 Å². The molecular formula is C44H76O10. The first kappa shape index (κ1) is 49.7. The second-order valence-electron chi connectivity index (χ2n) is 14.4. The minimum atomic E-state index is -1.60. The molecule has 0 radical (unpaired) electrons. The molecule has 0 spiro atoms. The number of rotatable bonds is 34. The highest BCUT2D eigenvalue weighted by atomic mass is 16.7. The van der Waals surface area contributed by atoms with E-state index in [4.69, 9.17) is 18.9 Å². The molecule has 1 rings (SSSR count). The minimum absolute atomic E-state index is 0.178. The van der Waals surface area contributed by atoms with Gasteiger partial charge in [-0.1, -0.05) is 146 Å². The quantitative estimate of drug-likeness (QED) is 0.0285. The third-order valence-corrected chi connectivity index (χ3v) is 9.48. The molecular weight excluding hydrogens is 688 g/mol. The first-order chi connectivity index (χ1) is 26.3. The van der Waals surface area contributed by atoms with Gasteiger partial charge < -0.3 is 39.4 Å². The van der Waals surface area contributed by atoms with Crippen LogP contribution >= 0.6 is 0 Å². The van der Waals surface area contributed by atoms with Gasteiger partial charge in [0.15, 0.2) is 12.4 Å². The molecule has 10 heteroatoms. The number of esters is 2. The molecule has 0 aromatic heterocycles. The summed E-state index contributed by atoms with van der Waals surface area (Å²) < 4.78 is 22.1. The maximum atomic E-state index is 12.7. The number of hydrogen-bond acceptors (Lipinski definition) is 10. The average molecular weight is 765 g/mol. The van der Waals surface area contributed by atoms with E-state index in [-0.39, 0.29) is 32.0 Å². The van der Waals surface area contributed by atoms with Gasteiger partial charge >= 0.3 is 11.9 Å². The number of aliphatic hydroxyl groups excluding tert-OH is 4. The molecule has 0 aromatic carbocycles. The maximum absolute atomic E-state index is 12.7.